The van der Waals surface area contributed by atoms with Gasteiger partial charge in [-0.3, -0.25) is 10.1 Å². The molecule has 1 aliphatic carbocycles. The van der Waals surface area contributed by atoms with Crippen molar-refractivity contribution >= 4 is 17.4 Å². The van der Waals surface area contributed by atoms with E-state index >= 15 is 0 Å². The zero-order valence-electron chi connectivity index (χ0n) is 13.0. The van der Waals surface area contributed by atoms with Gasteiger partial charge in [0.1, 0.15) is 0 Å². The zero-order valence-corrected chi connectivity index (χ0v) is 13.8. The summed E-state index contributed by atoms with van der Waals surface area (Å²) in [6.07, 6.45) is 7.11. The molecule has 1 N–H and O–H groups in total. The Kier molecular flexibility index (Phi) is 5.65. The van der Waals surface area contributed by atoms with E-state index in [0.717, 1.165) is 16.4 Å². The Labute approximate surface area is 130 Å². The third kappa shape index (κ3) is 4.20. The summed E-state index contributed by atoms with van der Waals surface area (Å²) in [6.45, 7) is 3.87. The van der Waals surface area contributed by atoms with Gasteiger partial charge in [-0.1, -0.05) is 12.1 Å². The molecule has 1 aromatic carbocycles. The standard InChI is InChI=1S/C16H24N2O2S/c1-11-4-5-13(10-16(11)18(19)20)12(2)17-14-6-8-15(21-3)9-7-14/h4-5,10,12,14-15,17H,6-9H2,1-3H3. The molecule has 2 rings (SSSR count). The minimum absolute atomic E-state index is 0.153. The maximum Gasteiger partial charge on any atom is 0.272 e. The van der Waals surface area contributed by atoms with Crippen LogP contribution in [0.15, 0.2) is 18.2 Å². The van der Waals surface area contributed by atoms with Crippen molar-refractivity contribution in [1.29, 1.82) is 0 Å². The molecule has 0 amide bonds. The van der Waals surface area contributed by atoms with Gasteiger partial charge in [-0.25, -0.2) is 0 Å². The van der Waals surface area contributed by atoms with Crippen molar-refractivity contribution in [3.05, 3.63) is 39.4 Å². The van der Waals surface area contributed by atoms with Crippen molar-refractivity contribution in [1.82, 2.24) is 5.32 Å². The third-order valence-electron chi connectivity index (χ3n) is 4.42. The minimum Gasteiger partial charge on any atom is -0.307 e. The summed E-state index contributed by atoms with van der Waals surface area (Å²) in [5, 5.41) is 15.5. The van der Waals surface area contributed by atoms with Crippen molar-refractivity contribution < 1.29 is 4.92 Å². The van der Waals surface area contributed by atoms with Gasteiger partial charge in [0, 0.05) is 29.0 Å². The predicted octanol–water partition coefficient (Wildman–Crippen LogP) is 4.23. The second-order valence-electron chi connectivity index (χ2n) is 5.90. The van der Waals surface area contributed by atoms with Crippen LogP contribution in [0, 0.1) is 17.0 Å². The second-order valence-corrected chi connectivity index (χ2v) is 7.04. The van der Waals surface area contributed by atoms with E-state index in [1.807, 2.05) is 23.9 Å². The number of hydrogen-bond donors (Lipinski definition) is 1. The van der Waals surface area contributed by atoms with Crippen LogP contribution in [0.4, 0.5) is 5.69 Å². The number of hydrogen-bond acceptors (Lipinski definition) is 4. The molecular weight excluding hydrogens is 284 g/mol. The molecule has 1 saturated carbocycles. The molecule has 116 valence electrons. The number of nitrogens with one attached hydrogen (secondary N) is 1. The van der Waals surface area contributed by atoms with E-state index in [-0.39, 0.29) is 16.7 Å². The van der Waals surface area contributed by atoms with Crippen molar-refractivity contribution in [3.8, 4) is 0 Å². The number of rotatable bonds is 5. The highest BCUT2D eigenvalue weighted by atomic mass is 32.2. The predicted molar refractivity (Wildman–Crippen MR) is 88.9 cm³/mol. The lowest BCUT2D eigenvalue weighted by Gasteiger charge is -2.30. The fourth-order valence-electron chi connectivity index (χ4n) is 3.01. The maximum absolute atomic E-state index is 11.0. The number of benzene rings is 1. The first-order valence-corrected chi connectivity index (χ1v) is 8.84. The van der Waals surface area contributed by atoms with Crippen LogP contribution >= 0.6 is 11.8 Å². The Morgan fingerprint density at radius 3 is 2.57 bits per heavy atom. The van der Waals surface area contributed by atoms with Crippen LogP contribution < -0.4 is 5.32 Å². The van der Waals surface area contributed by atoms with Gasteiger partial charge in [0.15, 0.2) is 0 Å². The molecule has 0 aromatic heterocycles. The summed E-state index contributed by atoms with van der Waals surface area (Å²) in [5.74, 6) is 0. The molecule has 5 heteroatoms. The first-order valence-electron chi connectivity index (χ1n) is 7.55. The zero-order chi connectivity index (χ0) is 15.4. The lowest BCUT2D eigenvalue weighted by Crippen LogP contribution is -2.35. The van der Waals surface area contributed by atoms with Crippen molar-refractivity contribution in [2.75, 3.05) is 6.26 Å². The van der Waals surface area contributed by atoms with E-state index in [4.69, 9.17) is 0 Å². The molecule has 0 saturated heterocycles. The largest absolute Gasteiger partial charge is 0.307 e. The van der Waals surface area contributed by atoms with E-state index in [9.17, 15) is 10.1 Å². The van der Waals surface area contributed by atoms with Crippen LogP contribution in [-0.2, 0) is 0 Å². The molecule has 1 fully saturated rings. The molecular formula is C16H24N2O2S. The van der Waals surface area contributed by atoms with Crippen molar-refractivity contribution in [2.45, 2.75) is 56.9 Å². The number of nitro groups is 1. The molecule has 1 unspecified atom stereocenters. The summed E-state index contributed by atoms with van der Waals surface area (Å²) in [6, 6.07) is 6.23. The van der Waals surface area contributed by atoms with Crippen LogP contribution in [0.25, 0.3) is 0 Å². The second kappa shape index (κ2) is 7.27. The third-order valence-corrected chi connectivity index (χ3v) is 5.56. The Morgan fingerprint density at radius 2 is 2.00 bits per heavy atom. The summed E-state index contributed by atoms with van der Waals surface area (Å²) < 4.78 is 0. The van der Waals surface area contributed by atoms with Crippen LogP contribution in [0.1, 0.15) is 49.8 Å². The van der Waals surface area contributed by atoms with Gasteiger partial charge < -0.3 is 5.32 Å². The average molecular weight is 308 g/mol. The minimum atomic E-state index is -0.296. The number of nitro benzene ring substituents is 1. The van der Waals surface area contributed by atoms with Crippen LogP contribution in [-0.4, -0.2) is 22.5 Å². The van der Waals surface area contributed by atoms with Gasteiger partial charge in [-0.2, -0.15) is 11.8 Å². The normalized spacial score (nSPS) is 23.8. The highest BCUT2D eigenvalue weighted by Crippen LogP contribution is 2.29. The first-order chi connectivity index (χ1) is 10.0. The summed E-state index contributed by atoms with van der Waals surface area (Å²) in [7, 11) is 0. The van der Waals surface area contributed by atoms with E-state index in [1.165, 1.54) is 25.7 Å². The number of nitrogens with zero attached hydrogens (tertiary/aromatic N) is 1. The molecule has 0 aliphatic heterocycles. The van der Waals surface area contributed by atoms with Gasteiger partial charge in [-0.05, 0) is 51.3 Å². The summed E-state index contributed by atoms with van der Waals surface area (Å²) in [4.78, 5) is 10.7. The number of thioether (sulfide) groups is 1. The molecule has 0 bridgehead atoms. The summed E-state index contributed by atoms with van der Waals surface area (Å²) >= 11 is 1.97. The molecule has 1 aromatic rings. The number of aryl methyl sites for hydroxylation is 1. The quantitative estimate of drug-likeness (QED) is 0.653. The molecule has 21 heavy (non-hydrogen) atoms. The lowest BCUT2D eigenvalue weighted by atomic mass is 9.93. The molecule has 1 aliphatic rings. The van der Waals surface area contributed by atoms with E-state index < -0.39 is 0 Å². The SMILES string of the molecule is CSC1CCC(NC(C)c2ccc(C)c([N+](=O)[O-])c2)CC1. The van der Waals surface area contributed by atoms with Crippen molar-refractivity contribution in [3.63, 3.8) is 0 Å². The van der Waals surface area contributed by atoms with E-state index in [2.05, 4.69) is 18.5 Å². The van der Waals surface area contributed by atoms with Crippen LogP contribution in [0.5, 0.6) is 0 Å². The smallest absolute Gasteiger partial charge is 0.272 e. The highest BCUT2D eigenvalue weighted by Gasteiger charge is 2.22. The molecule has 0 radical (unpaired) electrons. The first kappa shape index (κ1) is 16.3. The lowest BCUT2D eigenvalue weighted by molar-refractivity contribution is -0.385. The van der Waals surface area contributed by atoms with Gasteiger partial charge >= 0.3 is 0 Å². The summed E-state index contributed by atoms with van der Waals surface area (Å²) in [5.41, 5.74) is 1.93. The van der Waals surface area contributed by atoms with E-state index in [0.29, 0.717) is 6.04 Å². The van der Waals surface area contributed by atoms with E-state index in [1.54, 1.807) is 13.0 Å². The topological polar surface area (TPSA) is 55.2 Å². The Bertz CT molecular complexity index is 499. The fraction of sp³-hybridized carbons (Fsp3) is 0.625. The molecule has 0 heterocycles. The Morgan fingerprint density at radius 1 is 1.33 bits per heavy atom. The van der Waals surface area contributed by atoms with Gasteiger partial charge in [0.25, 0.3) is 5.69 Å². The van der Waals surface area contributed by atoms with Gasteiger partial charge in [-0.15, -0.1) is 0 Å². The molecule has 0 spiro atoms. The Hall–Kier alpha value is -1.07. The van der Waals surface area contributed by atoms with Gasteiger partial charge in [0.2, 0.25) is 0 Å². The highest BCUT2D eigenvalue weighted by molar-refractivity contribution is 7.99. The molecule has 4 nitrogen and oxygen atoms in total. The fourth-order valence-corrected chi connectivity index (χ4v) is 3.75. The maximum atomic E-state index is 11.0. The average Bonchev–Trinajstić information content (AvgIpc) is 2.48. The van der Waals surface area contributed by atoms with Gasteiger partial charge in [0.05, 0.1) is 4.92 Å². The van der Waals surface area contributed by atoms with Crippen LogP contribution in [0.2, 0.25) is 0 Å². The monoisotopic (exact) mass is 308 g/mol. The van der Waals surface area contributed by atoms with Crippen LogP contribution in [0.3, 0.4) is 0 Å². The Balaban J connectivity index is 1.99. The van der Waals surface area contributed by atoms with Crippen molar-refractivity contribution in [2.24, 2.45) is 0 Å². The molecule has 1 atom stereocenters.